The molecule has 0 amide bonds. The first kappa shape index (κ1) is 30.3. The molecule has 39 heavy (non-hydrogen) atoms. The highest BCUT2D eigenvalue weighted by Gasteiger charge is 2.38. The first-order valence-corrected chi connectivity index (χ1v) is 12.8. The Hall–Kier alpha value is -3.21. The van der Waals surface area contributed by atoms with Crippen LogP contribution in [-0.2, 0) is 22.1 Å². The molecule has 3 aromatic rings. The molecule has 18 heteroatoms. The summed E-state index contributed by atoms with van der Waals surface area (Å²) in [6.45, 7) is -0.322. The summed E-state index contributed by atoms with van der Waals surface area (Å²) in [5, 5.41) is 10.1. The van der Waals surface area contributed by atoms with Gasteiger partial charge in [-0.2, -0.15) is 25.9 Å². The van der Waals surface area contributed by atoms with Crippen molar-refractivity contribution in [1.82, 2.24) is 13.9 Å². The Morgan fingerprint density at radius 1 is 1.18 bits per heavy atom. The Bertz CT molecular complexity index is 1590. The van der Waals surface area contributed by atoms with Gasteiger partial charge < -0.3 is 15.0 Å². The molecule has 2 aromatic carbocycles. The molecule has 1 saturated heterocycles. The van der Waals surface area contributed by atoms with Crippen molar-refractivity contribution < 1.29 is 40.3 Å². The van der Waals surface area contributed by atoms with Crippen LogP contribution in [0.3, 0.4) is 0 Å². The van der Waals surface area contributed by atoms with Crippen molar-refractivity contribution >= 4 is 67.3 Å². The van der Waals surface area contributed by atoms with Crippen LogP contribution in [0, 0.1) is 5.82 Å². The highest BCUT2D eigenvalue weighted by Crippen LogP contribution is 2.35. The van der Waals surface area contributed by atoms with E-state index in [-0.39, 0.29) is 51.9 Å². The molecule has 1 aliphatic heterocycles. The minimum absolute atomic E-state index is 0.0144. The molecule has 0 spiro atoms. The summed E-state index contributed by atoms with van der Waals surface area (Å²) >= 11 is 12.5. The Kier molecular flexibility index (Phi) is 8.94. The van der Waals surface area contributed by atoms with E-state index in [1.165, 1.54) is 36.1 Å². The molecule has 1 atom stereocenters. The second kappa shape index (κ2) is 11.5. The van der Waals surface area contributed by atoms with E-state index in [0.29, 0.717) is 5.52 Å². The van der Waals surface area contributed by atoms with E-state index in [1.54, 1.807) is 0 Å². The molecule has 0 aliphatic carbocycles. The monoisotopic (exact) mass is 617 g/mol. The highest BCUT2D eigenvalue weighted by atomic mass is 35.5. The molecule has 2 heterocycles. The van der Waals surface area contributed by atoms with E-state index in [2.05, 4.69) is 15.0 Å². The molecule has 0 bridgehead atoms. The normalized spacial score (nSPS) is 16.1. The number of hydrogen-bond acceptors (Lipinski definition) is 6. The SMILES string of the molecule is Cn1cnc2ccc(Nc3cc(Cl)cc(NS(=O)(=O)N4CC[C@@H](F)C4)c3F)c(Cl)c2c1=O.O=C(O)C(F)(F)F. The lowest BCUT2D eigenvalue weighted by molar-refractivity contribution is -0.192. The fraction of sp³-hybridized carbons (Fsp3) is 0.286. The summed E-state index contributed by atoms with van der Waals surface area (Å²) in [5.74, 6) is -3.71. The average molecular weight is 618 g/mol. The maximum atomic E-state index is 15.2. The number of fused-ring (bicyclic) bond motifs is 1. The minimum atomic E-state index is -5.08. The standard InChI is InChI=1S/C19H17Cl2F2N5O3S.C2HF3O2/c1-27-9-24-12-2-3-13(17(21)16(12)19(27)29)25-14-6-10(20)7-15(18(14)23)26-32(30,31)28-5-4-11(22)8-28;3-2(4,5)1(6)7/h2-3,6-7,9,11,25-26H,4-5,8H2,1H3;(H,6,7)/t11-;/m1./s1. The number of carbonyl (C=O) groups is 1. The number of aliphatic carboxylic acids is 1. The lowest BCUT2D eigenvalue weighted by atomic mass is 10.2. The molecule has 3 N–H and O–H groups in total. The van der Waals surface area contributed by atoms with Gasteiger partial charge in [0, 0.05) is 25.2 Å². The van der Waals surface area contributed by atoms with Crippen LogP contribution in [0.1, 0.15) is 6.42 Å². The largest absolute Gasteiger partial charge is 0.490 e. The highest BCUT2D eigenvalue weighted by molar-refractivity contribution is 7.90. The number of halogens is 7. The fourth-order valence-electron chi connectivity index (χ4n) is 3.36. The Morgan fingerprint density at radius 3 is 2.36 bits per heavy atom. The van der Waals surface area contributed by atoms with Gasteiger partial charge in [0.05, 0.1) is 39.3 Å². The van der Waals surface area contributed by atoms with Gasteiger partial charge >= 0.3 is 22.4 Å². The molecule has 4 rings (SSSR count). The van der Waals surface area contributed by atoms with E-state index < -0.39 is 40.0 Å². The summed E-state index contributed by atoms with van der Waals surface area (Å²) in [6.07, 6.45) is -4.93. The zero-order valence-corrected chi connectivity index (χ0v) is 21.9. The molecular weight excluding hydrogens is 600 g/mol. The molecule has 1 aromatic heterocycles. The van der Waals surface area contributed by atoms with Gasteiger partial charge in [0.15, 0.2) is 5.82 Å². The van der Waals surface area contributed by atoms with Crippen LogP contribution in [0.5, 0.6) is 0 Å². The number of aromatic nitrogens is 2. The third-order valence-corrected chi connectivity index (χ3v) is 7.35. The van der Waals surface area contributed by atoms with Crippen LogP contribution in [0.25, 0.3) is 10.9 Å². The van der Waals surface area contributed by atoms with E-state index >= 15 is 4.39 Å². The zero-order valence-electron chi connectivity index (χ0n) is 19.6. The number of rotatable bonds is 5. The van der Waals surface area contributed by atoms with Crippen LogP contribution in [0.4, 0.5) is 39.0 Å². The number of aryl methyl sites for hydroxylation is 1. The van der Waals surface area contributed by atoms with Gasteiger partial charge in [-0.3, -0.25) is 9.52 Å². The Labute approximate surface area is 227 Å². The zero-order chi connectivity index (χ0) is 29.3. The average Bonchev–Trinajstić information content (AvgIpc) is 3.28. The molecular formula is C21H18Cl2F5N5O5S. The van der Waals surface area contributed by atoms with E-state index in [9.17, 15) is 30.8 Å². The van der Waals surface area contributed by atoms with Crippen LogP contribution < -0.4 is 15.6 Å². The molecule has 0 radical (unpaired) electrons. The first-order valence-electron chi connectivity index (χ1n) is 10.6. The second-order valence-corrected chi connectivity index (χ2v) is 10.6. The Morgan fingerprint density at radius 2 is 1.79 bits per heavy atom. The predicted octanol–water partition coefficient (Wildman–Crippen LogP) is 4.46. The smallest absolute Gasteiger partial charge is 0.475 e. The van der Waals surface area contributed by atoms with Gasteiger partial charge in [-0.1, -0.05) is 23.2 Å². The molecule has 1 fully saturated rings. The van der Waals surface area contributed by atoms with Crippen LogP contribution >= 0.6 is 23.2 Å². The number of carboxylic acids is 1. The third kappa shape index (κ3) is 7.06. The van der Waals surface area contributed by atoms with Gasteiger partial charge in [-0.25, -0.2) is 18.6 Å². The van der Waals surface area contributed by atoms with Crippen LogP contribution in [0.2, 0.25) is 10.0 Å². The van der Waals surface area contributed by atoms with Gasteiger partial charge in [0.2, 0.25) is 0 Å². The lowest BCUT2D eigenvalue weighted by Gasteiger charge is -2.19. The predicted molar refractivity (Wildman–Crippen MR) is 134 cm³/mol. The number of hydrogen-bond donors (Lipinski definition) is 3. The van der Waals surface area contributed by atoms with Crippen molar-refractivity contribution in [2.45, 2.75) is 18.8 Å². The Balaban J connectivity index is 0.000000532. The van der Waals surface area contributed by atoms with Crippen LogP contribution in [-0.4, -0.2) is 58.8 Å². The summed E-state index contributed by atoms with van der Waals surface area (Å²) < 4.78 is 89.6. The fourth-order valence-corrected chi connectivity index (χ4v) is 5.13. The molecule has 0 saturated carbocycles. The van der Waals surface area contributed by atoms with Crippen molar-refractivity contribution in [2.24, 2.45) is 7.05 Å². The number of alkyl halides is 4. The van der Waals surface area contributed by atoms with Gasteiger partial charge in [-0.05, 0) is 30.7 Å². The molecule has 10 nitrogen and oxygen atoms in total. The van der Waals surface area contributed by atoms with E-state index in [1.807, 2.05) is 0 Å². The molecule has 212 valence electrons. The second-order valence-electron chi connectivity index (χ2n) is 8.08. The number of anilines is 3. The number of nitrogens with zero attached hydrogens (tertiary/aromatic N) is 3. The van der Waals surface area contributed by atoms with Crippen molar-refractivity contribution in [1.29, 1.82) is 0 Å². The van der Waals surface area contributed by atoms with E-state index in [0.717, 1.165) is 10.4 Å². The summed E-state index contributed by atoms with van der Waals surface area (Å²) in [4.78, 5) is 25.5. The summed E-state index contributed by atoms with van der Waals surface area (Å²) in [7, 11) is -2.66. The van der Waals surface area contributed by atoms with Crippen molar-refractivity contribution in [3.8, 4) is 0 Å². The van der Waals surface area contributed by atoms with Gasteiger partial charge in [0.1, 0.15) is 6.17 Å². The van der Waals surface area contributed by atoms with Gasteiger partial charge in [-0.15, -0.1) is 0 Å². The quantitative estimate of drug-likeness (QED) is 0.360. The lowest BCUT2D eigenvalue weighted by Crippen LogP contribution is -2.34. The molecule has 1 aliphatic rings. The van der Waals surface area contributed by atoms with E-state index in [4.69, 9.17) is 33.1 Å². The maximum Gasteiger partial charge on any atom is 0.490 e. The maximum absolute atomic E-state index is 15.2. The van der Waals surface area contributed by atoms with Crippen molar-refractivity contribution in [3.63, 3.8) is 0 Å². The summed E-state index contributed by atoms with van der Waals surface area (Å²) in [5.41, 5.74) is -0.432. The number of carboxylic acid groups (broad SMARTS) is 1. The van der Waals surface area contributed by atoms with Crippen molar-refractivity contribution in [2.75, 3.05) is 23.1 Å². The number of benzene rings is 2. The van der Waals surface area contributed by atoms with Crippen molar-refractivity contribution in [3.05, 3.63) is 56.8 Å². The van der Waals surface area contributed by atoms with Gasteiger partial charge in [0.25, 0.3) is 5.56 Å². The third-order valence-electron chi connectivity index (χ3n) is 5.25. The number of nitrogens with one attached hydrogen (secondary N) is 2. The topological polar surface area (TPSA) is 134 Å². The summed E-state index contributed by atoms with van der Waals surface area (Å²) in [6, 6.07) is 5.39. The van der Waals surface area contributed by atoms with Crippen LogP contribution in [0.15, 0.2) is 35.4 Å². The minimum Gasteiger partial charge on any atom is -0.475 e. The first-order chi connectivity index (χ1) is 18.0. The molecule has 0 unspecified atom stereocenters.